The van der Waals surface area contributed by atoms with E-state index in [2.05, 4.69) is 10.2 Å². The number of nitrogens with one attached hydrogen (secondary N) is 1. The Hall–Kier alpha value is -0.830. The molecule has 0 unspecified atom stereocenters. The largest absolute Gasteiger partial charge is 0.381 e. The van der Waals surface area contributed by atoms with Crippen LogP contribution in [0.3, 0.4) is 0 Å². The summed E-state index contributed by atoms with van der Waals surface area (Å²) >= 11 is 1.63. The Balaban J connectivity index is 1.58. The fourth-order valence-corrected chi connectivity index (χ4v) is 4.87. The third-order valence-electron chi connectivity index (χ3n) is 5.10. The molecule has 3 aliphatic heterocycles. The van der Waals surface area contributed by atoms with Crippen molar-refractivity contribution >= 4 is 23.6 Å². The van der Waals surface area contributed by atoms with Gasteiger partial charge in [-0.2, -0.15) is 0 Å². The van der Waals surface area contributed by atoms with E-state index in [1.54, 1.807) is 16.7 Å². The van der Waals surface area contributed by atoms with Gasteiger partial charge in [-0.3, -0.25) is 14.5 Å². The standard InChI is InChI=1S/C16H27N3O4S/c1-12(20)19-11-24-10-15(19)16(21)17-8-14(13-2-5-23-9-13)18-3-6-22-7-4-18/h13-15H,2-11H2,1H3,(H,17,21)/t13-,14+,15-/m1/s1. The van der Waals surface area contributed by atoms with Crippen molar-refractivity contribution < 1.29 is 19.1 Å². The van der Waals surface area contributed by atoms with Crippen molar-refractivity contribution in [2.24, 2.45) is 5.92 Å². The second-order valence-corrected chi connectivity index (χ2v) is 7.59. The van der Waals surface area contributed by atoms with Crippen LogP contribution in [-0.4, -0.2) is 91.4 Å². The van der Waals surface area contributed by atoms with E-state index in [1.165, 1.54) is 6.92 Å². The Bertz CT molecular complexity index is 453. The molecule has 0 aromatic rings. The Morgan fingerprint density at radius 1 is 1.25 bits per heavy atom. The van der Waals surface area contributed by atoms with Crippen LogP contribution in [-0.2, 0) is 19.1 Å². The highest BCUT2D eigenvalue weighted by Crippen LogP contribution is 2.23. The zero-order chi connectivity index (χ0) is 16.9. The third kappa shape index (κ3) is 4.22. The van der Waals surface area contributed by atoms with Gasteiger partial charge in [0, 0.05) is 50.9 Å². The molecule has 3 saturated heterocycles. The maximum Gasteiger partial charge on any atom is 0.243 e. The summed E-state index contributed by atoms with van der Waals surface area (Å²) in [5, 5.41) is 3.10. The normalized spacial score (nSPS) is 29.6. The molecule has 3 atom stereocenters. The van der Waals surface area contributed by atoms with Gasteiger partial charge in [0.05, 0.1) is 25.7 Å². The van der Waals surface area contributed by atoms with Crippen LogP contribution in [0.25, 0.3) is 0 Å². The summed E-state index contributed by atoms with van der Waals surface area (Å²) < 4.78 is 11.0. The zero-order valence-electron chi connectivity index (χ0n) is 14.2. The first-order valence-corrected chi connectivity index (χ1v) is 9.84. The maximum atomic E-state index is 12.6. The van der Waals surface area contributed by atoms with Gasteiger partial charge >= 0.3 is 0 Å². The molecule has 0 saturated carbocycles. The fraction of sp³-hybridized carbons (Fsp3) is 0.875. The monoisotopic (exact) mass is 357 g/mol. The van der Waals surface area contributed by atoms with Crippen molar-refractivity contribution in [3.63, 3.8) is 0 Å². The van der Waals surface area contributed by atoms with Gasteiger partial charge in [0.25, 0.3) is 0 Å². The quantitative estimate of drug-likeness (QED) is 0.732. The van der Waals surface area contributed by atoms with Crippen molar-refractivity contribution in [1.29, 1.82) is 0 Å². The van der Waals surface area contributed by atoms with Crippen molar-refractivity contribution in [2.45, 2.75) is 25.4 Å². The van der Waals surface area contributed by atoms with Gasteiger partial charge in [0.15, 0.2) is 0 Å². The van der Waals surface area contributed by atoms with Crippen LogP contribution in [0.4, 0.5) is 0 Å². The molecule has 0 radical (unpaired) electrons. The van der Waals surface area contributed by atoms with Gasteiger partial charge < -0.3 is 19.7 Å². The molecule has 8 heteroatoms. The minimum atomic E-state index is -0.335. The average Bonchev–Trinajstić information content (AvgIpc) is 3.27. The molecule has 3 rings (SSSR count). The molecule has 1 N–H and O–H groups in total. The van der Waals surface area contributed by atoms with Crippen LogP contribution in [0.15, 0.2) is 0 Å². The average molecular weight is 357 g/mol. The number of thioether (sulfide) groups is 1. The van der Waals surface area contributed by atoms with Crippen molar-refractivity contribution in [3.8, 4) is 0 Å². The number of morpholine rings is 1. The van der Waals surface area contributed by atoms with E-state index in [1.807, 2.05) is 0 Å². The first-order chi connectivity index (χ1) is 11.7. The van der Waals surface area contributed by atoms with Crippen LogP contribution < -0.4 is 5.32 Å². The number of rotatable bonds is 5. The molecule has 3 heterocycles. The first kappa shape index (κ1) is 18.0. The SMILES string of the molecule is CC(=O)N1CSC[C@@H]1C(=O)NC[C@@H]([C@@H]1CCOC1)N1CCOCC1. The summed E-state index contributed by atoms with van der Waals surface area (Å²) in [5.74, 6) is 1.67. The zero-order valence-corrected chi connectivity index (χ0v) is 15.1. The topological polar surface area (TPSA) is 71.1 Å². The molecule has 0 aromatic heterocycles. The molecule has 0 aliphatic carbocycles. The number of carbonyl (C=O) groups excluding carboxylic acids is 2. The van der Waals surface area contributed by atoms with Gasteiger partial charge in [-0.25, -0.2) is 0 Å². The summed E-state index contributed by atoms with van der Waals surface area (Å²) in [7, 11) is 0. The van der Waals surface area contributed by atoms with Crippen LogP contribution in [0, 0.1) is 5.92 Å². The summed E-state index contributed by atoms with van der Waals surface area (Å²) in [4.78, 5) is 28.3. The summed E-state index contributed by atoms with van der Waals surface area (Å²) in [6, 6.07) is -0.0575. The van der Waals surface area contributed by atoms with E-state index < -0.39 is 0 Å². The maximum absolute atomic E-state index is 12.6. The number of hydrogen-bond acceptors (Lipinski definition) is 6. The number of amides is 2. The van der Waals surface area contributed by atoms with E-state index >= 15 is 0 Å². The molecule has 0 spiro atoms. The number of carbonyl (C=O) groups is 2. The lowest BCUT2D eigenvalue weighted by atomic mass is 9.96. The predicted octanol–water partition coefficient (Wildman–Crippen LogP) is -0.239. The molecule has 3 aliphatic rings. The Morgan fingerprint density at radius 2 is 2.04 bits per heavy atom. The minimum Gasteiger partial charge on any atom is -0.381 e. The van der Waals surface area contributed by atoms with Crippen molar-refractivity contribution in [1.82, 2.24) is 15.1 Å². The van der Waals surface area contributed by atoms with Gasteiger partial charge in [-0.1, -0.05) is 0 Å². The Labute approximate surface area is 147 Å². The van der Waals surface area contributed by atoms with Gasteiger partial charge in [0.2, 0.25) is 11.8 Å². The fourth-order valence-electron chi connectivity index (χ4n) is 3.65. The lowest BCUT2D eigenvalue weighted by molar-refractivity contribution is -0.136. The minimum absolute atomic E-state index is 0.0333. The summed E-state index contributed by atoms with van der Waals surface area (Å²) in [6.45, 7) is 6.99. The first-order valence-electron chi connectivity index (χ1n) is 8.69. The summed E-state index contributed by atoms with van der Waals surface area (Å²) in [6.07, 6.45) is 1.04. The molecule has 24 heavy (non-hydrogen) atoms. The van der Waals surface area contributed by atoms with Gasteiger partial charge in [0.1, 0.15) is 6.04 Å². The molecular weight excluding hydrogens is 330 g/mol. The van der Waals surface area contributed by atoms with Crippen molar-refractivity contribution in [2.75, 3.05) is 57.7 Å². The molecular formula is C16H27N3O4S. The van der Waals surface area contributed by atoms with Crippen LogP contribution in [0.2, 0.25) is 0 Å². The summed E-state index contributed by atoms with van der Waals surface area (Å²) in [5.41, 5.74) is 0. The Kier molecular flexibility index (Phi) is 6.37. The third-order valence-corrected chi connectivity index (χ3v) is 6.11. The van der Waals surface area contributed by atoms with Gasteiger partial charge in [-0.05, 0) is 6.42 Å². The molecule has 0 bridgehead atoms. The van der Waals surface area contributed by atoms with E-state index in [0.717, 1.165) is 45.9 Å². The molecule has 0 aromatic carbocycles. The highest BCUT2D eigenvalue weighted by Gasteiger charge is 2.35. The van der Waals surface area contributed by atoms with Crippen LogP contribution in [0.5, 0.6) is 0 Å². The highest BCUT2D eigenvalue weighted by atomic mass is 32.2. The van der Waals surface area contributed by atoms with E-state index in [0.29, 0.717) is 24.1 Å². The number of nitrogens with zero attached hydrogens (tertiary/aromatic N) is 2. The van der Waals surface area contributed by atoms with Crippen LogP contribution in [0.1, 0.15) is 13.3 Å². The lowest BCUT2D eigenvalue weighted by Gasteiger charge is -2.37. The highest BCUT2D eigenvalue weighted by molar-refractivity contribution is 7.99. The second kappa shape index (κ2) is 8.51. The van der Waals surface area contributed by atoms with Crippen molar-refractivity contribution in [3.05, 3.63) is 0 Å². The smallest absolute Gasteiger partial charge is 0.243 e. The van der Waals surface area contributed by atoms with E-state index in [4.69, 9.17) is 9.47 Å². The van der Waals surface area contributed by atoms with Gasteiger partial charge in [-0.15, -0.1) is 11.8 Å². The van der Waals surface area contributed by atoms with E-state index in [9.17, 15) is 9.59 Å². The number of hydrogen-bond donors (Lipinski definition) is 1. The predicted molar refractivity (Wildman–Crippen MR) is 91.7 cm³/mol. The van der Waals surface area contributed by atoms with E-state index in [-0.39, 0.29) is 23.9 Å². The number of ether oxygens (including phenoxy) is 2. The molecule has 7 nitrogen and oxygen atoms in total. The van der Waals surface area contributed by atoms with Crippen LogP contribution >= 0.6 is 11.8 Å². The molecule has 3 fully saturated rings. The second-order valence-electron chi connectivity index (χ2n) is 6.59. The molecule has 136 valence electrons. The molecule has 2 amide bonds. The Morgan fingerprint density at radius 3 is 2.71 bits per heavy atom. The lowest BCUT2D eigenvalue weighted by Crippen LogP contribution is -2.54.